The van der Waals surface area contributed by atoms with Gasteiger partial charge in [-0.15, -0.1) is 0 Å². The highest BCUT2D eigenvalue weighted by Crippen LogP contribution is 2.69. The van der Waals surface area contributed by atoms with E-state index in [-0.39, 0.29) is 0 Å². The molecule has 3 unspecified atom stereocenters. The van der Waals surface area contributed by atoms with E-state index in [1.165, 1.54) is 32.1 Å². The number of rotatable bonds is 5. The van der Waals surface area contributed by atoms with E-state index < -0.39 is 0 Å². The predicted octanol–water partition coefficient (Wildman–Crippen LogP) is 9.24. The lowest BCUT2D eigenvalue weighted by Crippen LogP contribution is -2.54. The molecule has 0 bridgehead atoms. The molecule has 30 heavy (non-hydrogen) atoms. The summed E-state index contributed by atoms with van der Waals surface area (Å²) in [7, 11) is 0. The van der Waals surface area contributed by atoms with Gasteiger partial charge < -0.3 is 0 Å². The van der Waals surface area contributed by atoms with Gasteiger partial charge in [-0.2, -0.15) is 0 Å². The minimum absolute atomic E-state index is 0.644. The summed E-state index contributed by atoms with van der Waals surface area (Å²) in [4.78, 5) is 0. The van der Waals surface area contributed by atoms with Gasteiger partial charge in [0, 0.05) is 0 Å². The average Bonchev–Trinajstić information content (AvgIpc) is 3.04. The lowest BCUT2D eigenvalue weighted by molar-refractivity contribution is -0.127. The van der Waals surface area contributed by atoms with Crippen LogP contribution in [0.3, 0.4) is 0 Å². The molecule has 174 valence electrons. The van der Waals surface area contributed by atoms with Crippen molar-refractivity contribution in [3.05, 3.63) is 0 Å². The maximum atomic E-state index is 2.76. The van der Waals surface area contributed by atoms with Gasteiger partial charge in [-0.05, 0) is 121 Å². The SMILES string of the molecule is CC(C)C(C)C(C)C[C@@H](C)[C@H]1CC[C@H]2[C@@H]3CCC4[C@H](C)CCC[C@]4(C)[C@H]3CC[C@]12C. The Hall–Kier alpha value is 0. The maximum Gasteiger partial charge on any atom is -0.0264 e. The molecule has 4 rings (SSSR count). The van der Waals surface area contributed by atoms with E-state index in [0.29, 0.717) is 10.8 Å². The van der Waals surface area contributed by atoms with Crippen molar-refractivity contribution in [1.82, 2.24) is 0 Å². The van der Waals surface area contributed by atoms with Gasteiger partial charge in [0.2, 0.25) is 0 Å². The number of fused-ring (bicyclic) bond motifs is 5. The van der Waals surface area contributed by atoms with E-state index in [0.717, 1.165) is 59.2 Å². The van der Waals surface area contributed by atoms with Gasteiger partial charge in [0.15, 0.2) is 0 Å². The van der Waals surface area contributed by atoms with Crippen molar-refractivity contribution < 1.29 is 0 Å². The zero-order valence-electron chi connectivity index (χ0n) is 21.8. The average molecular weight is 415 g/mol. The Bertz CT molecular complexity index is 591. The van der Waals surface area contributed by atoms with Gasteiger partial charge in [-0.25, -0.2) is 0 Å². The smallest absolute Gasteiger partial charge is 0.0264 e. The normalized spacial score (nSPS) is 49.1. The minimum Gasteiger partial charge on any atom is -0.0625 e. The van der Waals surface area contributed by atoms with Gasteiger partial charge >= 0.3 is 0 Å². The Labute approximate surface area is 189 Å². The molecule has 11 atom stereocenters. The molecule has 0 radical (unpaired) electrons. The van der Waals surface area contributed by atoms with Crippen LogP contribution < -0.4 is 0 Å². The molecule has 0 aromatic heterocycles. The first kappa shape index (κ1) is 23.2. The van der Waals surface area contributed by atoms with Crippen LogP contribution in [0, 0.1) is 70.0 Å². The molecule has 0 heteroatoms. The van der Waals surface area contributed by atoms with Crippen LogP contribution >= 0.6 is 0 Å². The van der Waals surface area contributed by atoms with Crippen LogP contribution in [-0.2, 0) is 0 Å². The first-order valence-corrected chi connectivity index (χ1v) is 14.1. The van der Waals surface area contributed by atoms with Gasteiger partial charge in [0.1, 0.15) is 0 Å². The molecule has 4 aliphatic rings. The van der Waals surface area contributed by atoms with E-state index >= 15 is 0 Å². The molecule has 0 amide bonds. The van der Waals surface area contributed by atoms with E-state index in [9.17, 15) is 0 Å². The summed E-state index contributed by atoms with van der Waals surface area (Å²) in [5.74, 6) is 9.61. The molecule has 0 aliphatic heterocycles. The summed E-state index contributed by atoms with van der Waals surface area (Å²) in [5.41, 5.74) is 1.32. The molecule has 0 nitrogen and oxygen atoms in total. The Morgan fingerprint density at radius 3 is 2.10 bits per heavy atom. The van der Waals surface area contributed by atoms with Crippen LogP contribution in [0.5, 0.6) is 0 Å². The van der Waals surface area contributed by atoms with Crippen molar-refractivity contribution in [2.24, 2.45) is 70.0 Å². The van der Waals surface area contributed by atoms with Crippen LogP contribution in [0.1, 0.15) is 120 Å². The van der Waals surface area contributed by atoms with Crippen molar-refractivity contribution in [3.63, 3.8) is 0 Å². The van der Waals surface area contributed by atoms with Crippen LogP contribution in [0.15, 0.2) is 0 Å². The van der Waals surface area contributed by atoms with Gasteiger partial charge in [0.25, 0.3) is 0 Å². The second-order valence-corrected chi connectivity index (χ2v) is 14.0. The Morgan fingerprint density at radius 2 is 1.40 bits per heavy atom. The van der Waals surface area contributed by atoms with Crippen molar-refractivity contribution in [3.8, 4) is 0 Å². The van der Waals surface area contributed by atoms with Crippen molar-refractivity contribution in [2.45, 2.75) is 120 Å². The fourth-order valence-corrected chi connectivity index (χ4v) is 10.4. The largest absolute Gasteiger partial charge is 0.0625 e. The molecular formula is C30H54. The molecule has 0 spiro atoms. The van der Waals surface area contributed by atoms with Gasteiger partial charge in [-0.1, -0.05) is 68.2 Å². The zero-order chi connectivity index (χ0) is 21.8. The van der Waals surface area contributed by atoms with Crippen LogP contribution in [0.2, 0.25) is 0 Å². The summed E-state index contributed by atoms with van der Waals surface area (Å²) in [5, 5.41) is 0. The van der Waals surface area contributed by atoms with E-state index in [1.807, 2.05) is 0 Å². The summed E-state index contributed by atoms with van der Waals surface area (Å²) in [6.45, 7) is 20.6. The molecule has 0 aromatic rings. The highest BCUT2D eigenvalue weighted by atomic mass is 14.7. The summed E-state index contributed by atoms with van der Waals surface area (Å²) in [6.07, 6.45) is 15.3. The quantitative estimate of drug-likeness (QED) is 0.420. The van der Waals surface area contributed by atoms with Crippen LogP contribution in [0.25, 0.3) is 0 Å². The third-order valence-electron chi connectivity index (χ3n) is 12.5. The van der Waals surface area contributed by atoms with Crippen LogP contribution in [0.4, 0.5) is 0 Å². The lowest BCUT2D eigenvalue weighted by atomic mass is 9.43. The van der Waals surface area contributed by atoms with Crippen molar-refractivity contribution in [2.75, 3.05) is 0 Å². The van der Waals surface area contributed by atoms with E-state index in [4.69, 9.17) is 0 Å². The fourth-order valence-electron chi connectivity index (χ4n) is 10.4. The summed E-state index contributed by atoms with van der Waals surface area (Å²) in [6, 6.07) is 0. The summed E-state index contributed by atoms with van der Waals surface area (Å²) < 4.78 is 0. The maximum absolute atomic E-state index is 2.76. The third-order valence-corrected chi connectivity index (χ3v) is 12.5. The lowest BCUT2D eigenvalue weighted by Gasteiger charge is -2.62. The predicted molar refractivity (Wildman–Crippen MR) is 131 cm³/mol. The second kappa shape index (κ2) is 8.41. The summed E-state index contributed by atoms with van der Waals surface area (Å²) >= 11 is 0. The molecule has 0 saturated heterocycles. The van der Waals surface area contributed by atoms with Crippen LogP contribution in [-0.4, -0.2) is 0 Å². The highest BCUT2D eigenvalue weighted by Gasteiger charge is 2.60. The molecule has 4 saturated carbocycles. The molecule has 4 fully saturated rings. The third kappa shape index (κ3) is 3.63. The van der Waals surface area contributed by atoms with Gasteiger partial charge in [0.05, 0.1) is 0 Å². The Balaban J connectivity index is 1.49. The Kier molecular flexibility index (Phi) is 6.49. The van der Waals surface area contributed by atoms with Crippen molar-refractivity contribution >= 4 is 0 Å². The monoisotopic (exact) mass is 414 g/mol. The van der Waals surface area contributed by atoms with Crippen molar-refractivity contribution in [1.29, 1.82) is 0 Å². The zero-order valence-corrected chi connectivity index (χ0v) is 21.8. The molecular weight excluding hydrogens is 360 g/mol. The molecule has 0 aromatic carbocycles. The Morgan fingerprint density at radius 1 is 0.733 bits per heavy atom. The molecule has 0 heterocycles. The van der Waals surface area contributed by atoms with Gasteiger partial charge in [-0.3, -0.25) is 0 Å². The van der Waals surface area contributed by atoms with E-state index in [2.05, 4.69) is 55.4 Å². The number of hydrogen-bond acceptors (Lipinski definition) is 0. The standard InChI is InChI=1S/C30H54/c1-19(2)23(6)21(4)18-22(5)26-13-14-27-24-11-12-25-20(3)10-9-16-29(25,7)28(24)15-17-30(26,27)8/h19-28H,9-18H2,1-8H3/t20-,21?,22-,23?,24+,25?,26-,27+,28+,29+,30-/m1/s1. The first-order chi connectivity index (χ1) is 14.1. The highest BCUT2D eigenvalue weighted by molar-refractivity contribution is 5.09. The minimum atomic E-state index is 0.644. The first-order valence-electron chi connectivity index (χ1n) is 14.1. The topological polar surface area (TPSA) is 0 Å². The number of hydrogen-bond donors (Lipinski definition) is 0. The van der Waals surface area contributed by atoms with E-state index in [1.54, 1.807) is 32.1 Å². The second-order valence-electron chi connectivity index (χ2n) is 14.0. The molecule has 0 N–H and O–H groups in total. The fraction of sp³-hybridized carbons (Fsp3) is 1.00. The molecule has 4 aliphatic carbocycles.